The lowest BCUT2D eigenvalue weighted by molar-refractivity contribution is 0.0683. The van der Waals surface area contributed by atoms with E-state index in [0.29, 0.717) is 0 Å². The van der Waals surface area contributed by atoms with Gasteiger partial charge in [0.2, 0.25) is 0 Å². The summed E-state index contributed by atoms with van der Waals surface area (Å²) in [5.41, 5.74) is -2.38. The van der Waals surface area contributed by atoms with Gasteiger partial charge >= 0.3 is 0 Å². The highest BCUT2D eigenvalue weighted by Crippen LogP contribution is 2.28. The minimum absolute atomic E-state index is 0.115. The van der Waals surface area contributed by atoms with Crippen molar-refractivity contribution in [3.8, 4) is 0 Å². The molecule has 0 aromatic heterocycles. The zero-order valence-corrected chi connectivity index (χ0v) is 10.3. The van der Waals surface area contributed by atoms with Crippen LogP contribution in [0.1, 0.15) is 47.5 Å². The van der Waals surface area contributed by atoms with Gasteiger partial charge in [-0.15, -0.1) is 0 Å². The smallest absolute Gasteiger partial charge is 0.108 e. The van der Waals surface area contributed by atoms with E-state index in [4.69, 9.17) is 29.4 Å². The van der Waals surface area contributed by atoms with Crippen LogP contribution >= 0.6 is 0 Å². The SMILES string of the molecule is [2H]c1c([2H])c([2H])c(C(OCCN(C([2H])([2H])[2H])C([2H])([2H])[2H])c2c([2H])c([2H])c([2H])c([2H])c2C([2H])([2H])[2H])c([2H])c1[2H]. The monoisotopic (exact) mass is 287 g/mol. The predicted molar refractivity (Wildman–Crippen MR) is 84.0 cm³/mol. The first-order valence-corrected chi connectivity index (χ1v) is 5.62. The van der Waals surface area contributed by atoms with Crippen LogP contribution in [0, 0.1) is 6.85 Å². The molecule has 0 bridgehead atoms. The standard InChI is InChI=1S/C18H23NO/c1-15-9-7-8-12-17(15)18(20-14-13-19(2)3)16-10-5-4-6-11-16/h4-12,18H,13-14H2,1-3H3/i1D3,2D3,3D3,4D,5D,6D,7D,8D,9D,10D,11D,12D. The number of likely N-dealkylation sites (N-methyl/N-ethyl adjacent to an activating group) is 1. The molecule has 0 aliphatic carbocycles. The number of rotatable bonds is 6. The Kier molecular flexibility index (Phi) is 1.43. The molecule has 1 unspecified atom stereocenters. The lowest BCUT2D eigenvalue weighted by atomic mass is 9.97. The zero-order chi connectivity index (χ0) is 29.7. The van der Waals surface area contributed by atoms with Gasteiger partial charge in [0.15, 0.2) is 0 Å². The molecule has 0 N–H and O–H groups in total. The maximum Gasteiger partial charge on any atom is 0.108 e. The van der Waals surface area contributed by atoms with E-state index in [9.17, 15) is 0 Å². The van der Waals surface area contributed by atoms with E-state index < -0.39 is 111 Å². The van der Waals surface area contributed by atoms with E-state index in [-0.39, 0.29) is 4.90 Å². The van der Waals surface area contributed by atoms with Crippen LogP contribution in [0.25, 0.3) is 0 Å². The minimum Gasteiger partial charge on any atom is -0.367 e. The number of hydrogen-bond donors (Lipinski definition) is 0. The Morgan fingerprint density at radius 1 is 1.10 bits per heavy atom. The molecule has 106 valence electrons. The van der Waals surface area contributed by atoms with E-state index in [2.05, 4.69) is 0 Å². The first-order chi connectivity index (χ1) is 17.0. The first-order valence-electron chi connectivity index (χ1n) is 14.6. The second kappa shape index (κ2) is 7.22. The lowest BCUT2D eigenvalue weighted by Crippen LogP contribution is -2.20. The number of nitrogens with zero attached hydrogens (tertiary/aromatic N) is 1. The van der Waals surface area contributed by atoms with Crippen LogP contribution in [-0.2, 0) is 4.74 Å². The Labute approximate surface area is 147 Å². The van der Waals surface area contributed by atoms with E-state index in [1.807, 2.05) is 0 Å². The molecule has 0 amide bonds. The molecule has 0 saturated heterocycles. The summed E-state index contributed by atoms with van der Waals surface area (Å²) in [6.45, 7) is -11.1. The summed E-state index contributed by atoms with van der Waals surface area (Å²) in [6, 6.07) is -7.95. The van der Waals surface area contributed by atoms with Crippen LogP contribution in [0.15, 0.2) is 54.4 Å². The fourth-order valence-electron chi connectivity index (χ4n) is 1.48. The molecule has 2 nitrogen and oxygen atoms in total. The summed E-state index contributed by atoms with van der Waals surface area (Å²) in [6.07, 6.45) is -2.05. The molecule has 0 fully saturated rings. The molecule has 0 radical (unpaired) electrons. The van der Waals surface area contributed by atoms with Gasteiger partial charge in [0.1, 0.15) is 6.10 Å². The van der Waals surface area contributed by atoms with Crippen molar-refractivity contribution in [2.45, 2.75) is 13.0 Å². The quantitative estimate of drug-likeness (QED) is 0.804. The third-order valence-electron chi connectivity index (χ3n) is 2.36. The molecule has 0 heterocycles. The minimum atomic E-state index is -3.19. The molecule has 0 aliphatic heterocycles. The number of hydrogen-bond acceptors (Lipinski definition) is 2. The van der Waals surface area contributed by atoms with E-state index in [1.54, 1.807) is 0 Å². The molecular formula is C18H23NO. The third-order valence-corrected chi connectivity index (χ3v) is 2.36. The van der Waals surface area contributed by atoms with Crippen LogP contribution in [0.5, 0.6) is 0 Å². The van der Waals surface area contributed by atoms with Crippen LogP contribution in [0.4, 0.5) is 0 Å². The van der Waals surface area contributed by atoms with Crippen molar-refractivity contribution < 1.29 is 29.4 Å². The normalized spacial score (nSPS) is 27.4. The molecule has 2 rings (SSSR count). The van der Waals surface area contributed by atoms with Gasteiger partial charge in [0.25, 0.3) is 0 Å². The number of ether oxygens (including phenoxy) is 1. The molecule has 20 heavy (non-hydrogen) atoms. The van der Waals surface area contributed by atoms with Gasteiger partial charge in [-0.1, -0.05) is 54.4 Å². The summed E-state index contributed by atoms with van der Waals surface area (Å²) in [7, 11) is 0. The molecule has 2 heteroatoms. The second-order valence-electron chi connectivity index (χ2n) is 3.73. The predicted octanol–water partition coefficient (Wildman–Crippen LogP) is 3.66. The third kappa shape index (κ3) is 3.92. The highest BCUT2D eigenvalue weighted by molar-refractivity contribution is 5.35. The van der Waals surface area contributed by atoms with Gasteiger partial charge < -0.3 is 9.64 Å². The summed E-state index contributed by atoms with van der Waals surface area (Å²) >= 11 is 0. The summed E-state index contributed by atoms with van der Waals surface area (Å²) in [4.78, 5) is 0.115. The van der Waals surface area contributed by atoms with Gasteiger partial charge in [-0.3, -0.25) is 0 Å². The zero-order valence-electron chi connectivity index (χ0n) is 28.3. The highest BCUT2D eigenvalue weighted by atomic mass is 16.5. The van der Waals surface area contributed by atoms with Crippen molar-refractivity contribution in [3.63, 3.8) is 0 Å². The van der Waals surface area contributed by atoms with Gasteiger partial charge in [-0.2, -0.15) is 0 Å². The average molecular weight is 287 g/mol. The Balaban J connectivity index is 2.89. The second-order valence-corrected chi connectivity index (χ2v) is 3.73. The van der Waals surface area contributed by atoms with Crippen LogP contribution in [0.2, 0.25) is 0 Å². The first kappa shape index (κ1) is 3.96. The maximum atomic E-state index is 8.38. The van der Waals surface area contributed by atoms with Crippen LogP contribution in [-0.4, -0.2) is 32.0 Å². The van der Waals surface area contributed by atoms with Gasteiger partial charge in [0, 0.05) is 18.9 Å². The van der Waals surface area contributed by atoms with Crippen molar-refractivity contribution in [2.24, 2.45) is 0 Å². The highest BCUT2D eigenvalue weighted by Gasteiger charge is 2.16. The topological polar surface area (TPSA) is 12.5 Å². The van der Waals surface area contributed by atoms with Crippen LogP contribution < -0.4 is 0 Å². The Bertz CT molecular complexity index is 1170. The molecule has 2 aromatic rings. The largest absolute Gasteiger partial charge is 0.367 e. The van der Waals surface area contributed by atoms with Crippen molar-refractivity contribution in [2.75, 3.05) is 27.1 Å². The molecular weight excluding hydrogens is 246 g/mol. The average Bonchev–Trinajstić information content (AvgIpc) is 2.76. The molecule has 0 aliphatic rings. The van der Waals surface area contributed by atoms with E-state index in [1.165, 1.54) is 0 Å². The molecule has 0 saturated carbocycles. The van der Waals surface area contributed by atoms with Gasteiger partial charge in [-0.25, -0.2) is 0 Å². The maximum absolute atomic E-state index is 8.38. The molecule has 0 spiro atoms. The Morgan fingerprint density at radius 3 is 2.60 bits per heavy atom. The summed E-state index contributed by atoms with van der Waals surface area (Å²) in [5, 5.41) is 0. The van der Waals surface area contributed by atoms with Gasteiger partial charge in [-0.05, 0) is 37.5 Å². The van der Waals surface area contributed by atoms with Crippen LogP contribution in [0.3, 0.4) is 0 Å². The van der Waals surface area contributed by atoms with Gasteiger partial charge in [0.05, 0.1) is 18.9 Å². The van der Waals surface area contributed by atoms with E-state index >= 15 is 0 Å². The fraction of sp³-hybridized carbons (Fsp3) is 0.333. The fourth-order valence-corrected chi connectivity index (χ4v) is 1.48. The summed E-state index contributed by atoms with van der Waals surface area (Å²) in [5.74, 6) is 0. The molecule has 1 atom stereocenters. The van der Waals surface area contributed by atoms with Crippen molar-refractivity contribution >= 4 is 0 Å². The number of benzene rings is 2. The molecule has 2 aromatic carbocycles. The summed E-state index contributed by atoms with van der Waals surface area (Å²) < 4.78 is 147. The van der Waals surface area contributed by atoms with Crippen molar-refractivity contribution in [1.29, 1.82) is 0 Å². The van der Waals surface area contributed by atoms with E-state index in [0.717, 1.165) is 0 Å². The lowest BCUT2D eigenvalue weighted by Gasteiger charge is -2.22. The Morgan fingerprint density at radius 2 is 1.85 bits per heavy atom. The van der Waals surface area contributed by atoms with Crippen molar-refractivity contribution in [3.05, 3.63) is 71.1 Å². The Hall–Kier alpha value is -1.64. The van der Waals surface area contributed by atoms with Crippen molar-refractivity contribution in [1.82, 2.24) is 4.90 Å².